The van der Waals surface area contributed by atoms with E-state index >= 15 is 0 Å². The molecule has 0 amide bonds. The summed E-state index contributed by atoms with van der Waals surface area (Å²) in [5.41, 5.74) is 0.443. The summed E-state index contributed by atoms with van der Waals surface area (Å²) in [6, 6.07) is 0.717. The molecule has 3 heteroatoms. The molecule has 0 aliphatic carbocycles. The predicted octanol–water partition coefficient (Wildman–Crippen LogP) is 1.70. The van der Waals surface area contributed by atoms with Crippen LogP contribution in [0.5, 0.6) is 0 Å². The summed E-state index contributed by atoms with van der Waals surface area (Å²) in [5.74, 6) is 0. The molecule has 102 valence electrons. The van der Waals surface area contributed by atoms with Gasteiger partial charge in [-0.15, -0.1) is 0 Å². The van der Waals surface area contributed by atoms with E-state index in [0.717, 1.165) is 26.2 Å². The molecule has 1 saturated heterocycles. The quantitative estimate of drug-likeness (QED) is 0.664. The van der Waals surface area contributed by atoms with Crippen LogP contribution in [0.1, 0.15) is 40.5 Å². The summed E-state index contributed by atoms with van der Waals surface area (Å²) in [6.45, 7) is 16.3. The molecule has 3 nitrogen and oxygen atoms in total. The van der Waals surface area contributed by atoms with Crippen LogP contribution >= 0.6 is 0 Å². The molecule has 1 fully saturated rings. The van der Waals surface area contributed by atoms with Gasteiger partial charge in [-0.3, -0.25) is 4.90 Å². The Morgan fingerprint density at radius 3 is 2.53 bits per heavy atom. The van der Waals surface area contributed by atoms with Crippen molar-refractivity contribution in [3.05, 3.63) is 0 Å². The fourth-order valence-electron chi connectivity index (χ4n) is 2.17. The highest BCUT2D eigenvalue weighted by Gasteiger charge is 2.17. The largest absolute Gasteiger partial charge is 0.316 e. The second kappa shape index (κ2) is 7.34. The third-order valence-corrected chi connectivity index (χ3v) is 4.07. The lowest BCUT2D eigenvalue weighted by atomic mass is 9.90. The second-order valence-corrected chi connectivity index (χ2v) is 6.12. The highest BCUT2D eigenvalue weighted by atomic mass is 15.2. The zero-order chi connectivity index (χ0) is 12.7. The van der Waals surface area contributed by atoms with Gasteiger partial charge in [-0.2, -0.15) is 0 Å². The zero-order valence-corrected chi connectivity index (χ0v) is 12.2. The first-order chi connectivity index (χ1) is 8.05. The van der Waals surface area contributed by atoms with Crippen LogP contribution in [-0.4, -0.2) is 50.2 Å². The third kappa shape index (κ3) is 5.84. The molecule has 0 aromatic carbocycles. The van der Waals surface area contributed by atoms with E-state index in [1.165, 1.54) is 25.9 Å². The van der Waals surface area contributed by atoms with E-state index in [1.807, 2.05) is 0 Å². The Kier molecular flexibility index (Phi) is 6.45. The normalized spacial score (nSPS) is 20.5. The predicted molar refractivity (Wildman–Crippen MR) is 75.5 cm³/mol. The van der Waals surface area contributed by atoms with E-state index in [0.29, 0.717) is 11.5 Å². The van der Waals surface area contributed by atoms with Crippen LogP contribution < -0.4 is 10.6 Å². The molecule has 0 saturated carbocycles. The van der Waals surface area contributed by atoms with Gasteiger partial charge in [0.1, 0.15) is 0 Å². The first-order valence-electron chi connectivity index (χ1n) is 7.20. The molecule has 1 unspecified atom stereocenters. The Morgan fingerprint density at radius 1 is 1.29 bits per heavy atom. The lowest BCUT2D eigenvalue weighted by Gasteiger charge is -2.33. The van der Waals surface area contributed by atoms with Crippen LogP contribution in [-0.2, 0) is 0 Å². The number of hydrogen-bond acceptors (Lipinski definition) is 3. The SMILES string of the molecule is CCC(C)(C)CNCCC(C)N1CCNCC1. The van der Waals surface area contributed by atoms with Gasteiger partial charge in [-0.1, -0.05) is 20.8 Å². The van der Waals surface area contributed by atoms with Crippen LogP contribution in [0.4, 0.5) is 0 Å². The molecule has 0 spiro atoms. The Labute approximate surface area is 107 Å². The summed E-state index contributed by atoms with van der Waals surface area (Å²) in [6.07, 6.45) is 2.51. The van der Waals surface area contributed by atoms with E-state index in [9.17, 15) is 0 Å². The second-order valence-electron chi connectivity index (χ2n) is 6.12. The molecule has 1 aliphatic rings. The monoisotopic (exact) mass is 241 g/mol. The Balaban J connectivity index is 2.09. The maximum absolute atomic E-state index is 3.60. The minimum absolute atomic E-state index is 0.443. The van der Waals surface area contributed by atoms with Crippen molar-refractivity contribution >= 4 is 0 Å². The lowest BCUT2D eigenvalue weighted by molar-refractivity contribution is 0.174. The summed E-state index contributed by atoms with van der Waals surface area (Å²) in [4.78, 5) is 2.60. The van der Waals surface area contributed by atoms with Crippen LogP contribution in [0.25, 0.3) is 0 Å². The fourth-order valence-corrected chi connectivity index (χ4v) is 2.17. The Morgan fingerprint density at radius 2 is 1.94 bits per heavy atom. The fraction of sp³-hybridized carbons (Fsp3) is 1.00. The zero-order valence-electron chi connectivity index (χ0n) is 12.2. The minimum Gasteiger partial charge on any atom is -0.316 e. The summed E-state index contributed by atoms with van der Waals surface area (Å²) < 4.78 is 0. The van der Waals surface area contributed by atoms with Crippen molar-refractivity contribution in [2.75, 3.05) is 39.3 Å². The van der Waals surface area contributed by atoms with Crippen LogP contribution in [0.15, 0.2) is 0 Å². The van der Waals surface area contributed by atoms with E-state index in [1.54, 1.807) is 0 Å². The van der Waals surface area contributed by atoms with Gasteiger partial charge in [0.25, 0.3) is 0 Å². The number of nitrogens with zero attached hydrogens (tertiary/aromatic N) is 1. The van der Waals surface area contributed by atoms with Gasteiger partial charge in [-0.25, -0.2) is 0 Å². The third-order valence-electron chi connectivity index (χ3n) is 4.07. The van der Waals surface area contributed by atoms with Crippen molar-refractivity contribution in [3.8, 4) is 0 Å². The standard InChI is InChI=1S/C14H31N3/c1-5-14(3,4)12-16-7-6-13(2)17-10-8-15-9-11-17/h13,15-16H,5-12H2,1-4H3. The average molecular weight is 241 g/mol. The first kappa shape index (κ1) is 14.9. The van der Waals surface area contributed by atoms with E-state index in [4.69, 9.17) is 0 Å². The first-order valence-corrected chi connectivity index (χ1v) is 7.20. The molecular formula is C14H31N3. The van der Waals surface area contributed by atoms with Crippen molar-refractivity contribution in [2.45, 2.75) is 46.6 Å². The number of piperazine rings is 1. The summed E-state index contributed by atoms with van der Waals surface area (Å²) in [7, 11) is 0. The number of nitrogens with one attached hydrogen (secondary N) is 2. The highest BCUT2D eigenvalue weighted by Crippen LogP contribution is 2.17. The number of rotatable bonds is 7. The topological polar surface area (TPSA) is 27.3 Å². The average Bonchev–Trinajstić information content (AvgIpc) is 2.35. The van der Waals surface area contributed by atoms with Crippen molar-refractivity contribution in [1.82, 2.24) is 15.5 Å². The summed E-state index contributed by atoms with van der Waals surface area (Å²) in [5, 5.41) is 7.01. The minimum atomic E-state index is 0.443. The van der Waals surface area contributed by atoms with Gasteiger partial charge in [-0.05, 0) is 31.7 Å². The lowest BCUT2D eigenvalue weighted by Crippen LogP contribution is -2.48. The van der Waals surface area contributed by atoms with E-state index in [-0.39, 0.29) is 0 Å². The van der Waals surface area contributed by atoms with Gasteiger partial charge in [0.15, 0.2) is 0 Å². The smallest absolute Gasteiger partial charge is 0.0110 e. The van der Waals surface area contributed by atoms with E-state index in [2.05, 4.69) is 43.2 Å². The van der Waals surface area contributed by atoms with Crippen LogP contribution in [0, 0.1) is 5.41 Å². The van der Waals surface area contributed by atoms with Gasteiger partial charge in [0.05, 0.1) is 0 Å². The van der Waals surface area contributed by atoms with Gasteiger partial charge < -0.3 is 10.6 Å². The Bertz CT molecular complexity index is 198. The van der Waals surface area contributed by atoms with Gasteiger partial charge in [0, 0.05) is 38.8 Å². The van der Waals surface area contributed by atoms with Crippen LogP contribution in [0.2, 0.25) is 0 Å². The molecule has 2 N–H and O–H groups in total. The molecule has 1 heterocycles. The molecule has 1 aliphatic heterocycles. The van der Waals surface area contributed by atoms with Crippen molar-refractivity contribution in [2.24, 2.45) is 5.41 Å². The number of hydrogen-bond donors (Lipinski definition) is 2. The molecule has 0 aromatic heterocycles. The van der Waals surface area contributed by atoms with Crippen molar-refractivity contribution < 1.29 is 0 Å². The van der Waals surface area contributed by atoms with Gasteiger partial charge >= 0.3 is 0 Å². The van der Waals surface area contributed by atoms with Gasteiger partial charge in [0.2, 0.25) is 0 Å². The van der Waals surface area contributed by atoms with Crippen LogP contribution in [0.3, 0.4) is 0 Å². The molecule has 1 atom stereocenters. The molecule has 0 aromatic rings. The maximum atomic E-state index is 3.60. The maximum Gasteiger partial charge on any atom is 0.0110 e. The van der Waals surface area contributed by atoms with Crippen molar-refractivity contribution in [3.63, 3.8) is 0 Å². The highest BCUT2D eigenvalue weighted by molar-refractivity contribution is 4.75. The molecule has 0 radical (unpaired) electrons. The molecular weight excluding hydrogens is 210 g/mol. The molecule has 1 rings (SSSR count). The van der Waals surface area contributed by atoms with Crippen molar-refractivity contribution in [1.29, 1.82) is 0 Å². The molecule has 17 heavy (non-hydrogen) atoms. The molecule has 0 bridgehead atoms. The summed E-state index contributed by atoms with van der Waals surface area (Å²) >= 11 is 0. The van der Waals surface area contributed by atoms with E-state index < -0.39 is 0 Å². The Hall–Kier alpha value is -0.120.